The molecule has 196 valence electrons. The molecule has 2 N–H and O–H groups in total. The Labute approximate surface area is 227 Å². The SMILES string of the molecule is COc1ccc(N(C)S(=O)(=O)c2ccc(C)cc2)cc1CN[C@@H]1CCCN[C@@H]1c1ccccc1.Cl.Cl. The summed E-state index contributed by atoms with van der Waals surface area (Å²) in [6.07, 6.45) is 2.17. The van der Waals surface area contributed by atoms with Crippen LogP contribution in [0.25, 0.3) is 0 Å². The maximum atomic E-state index is 13.2. The number of sulfonamides is 1. The van der Waals surface area contributed by atoms with Crippen LogP contribution in [0.4, 0.5) is 5.69 Å². The average molecular weight is 553 g/mol. The molecule has 4 rings (SSSR count). The van der Waals surface area contributed by atoms with E-state index in [9.17, 15) is 8.42 Å². The van der Waals surface area contributed by atoms with Crippen LogP contribution in [0.15, 0.2) is 77.7 Å². The second kappa shape index (κ2) is 13.3. The van der Waals surface area contributed by atoms with Gasteiger partial charge in [-0.1, -0.05) is 48.0 Å². The minimum atomic E-state index is -3.66. The number of methoxy groups -OCH3 is 1. The lowest BCUT2D eigenvalue weighted by atomic mass is 9.92. The first-order chi connectivity index (χ1) is 16.4. The van der Waals surface area contributed by atoms with E-state index in [0.29, 0.717) is 12.2 Å². The first-order valence-corrected chi connectivity index (χ1v) is 13.1. The summed E-state index contributed by atoms with van der Waals surface area (Å²) >= 11 is 0. The summed E-state index contributed by atoms with van der Waals surface area (Å²) in [7, 11) is -0.436. The predicted molar refractivity (Wildman–Crippen MR) is 151 cm³/mol. The third-order valence-corrected chi connectivity index (χ3v) is 8.28. The lowest BCUT2D eigenvalue weighted by molar-refractivity contribution is 0.303. The zero-order chi connectivity index (χ0) is 24.1. The third kappa shape index (κ3) is 6.72. The van der Waals surface area contributed by atoms with Crippen molar-refractivity contribution in [1.82, 2.24) is 10.6 Å². The number of aryl methyl sites for hydroxylation is 1. The highest BCUT2D eigenvalue weighted by atomic mass is 35.5. The van der Waals surface area contributed by atoms with Gasteiger partial charge in [-0.15, -0.1) is 24.8 Å². The fraction of sp³-hybridized carbons (Fsp3) is 0.333. The predicted octanol–water partition coefficient (Wildman–Crippen LogP) is 5.26. The molecule has 6 nitrogen and oxygen atoms in total. The lowest BCUT2D eigenvalue weighted by Crippen LogP contribution is -2.45. The van der Waals surface area contributed by atoms with Gasteiger partial charge in [-0.05, 0) is 62.2 Å². The van der Waals surface area contributed by atoms with Crippen molar-refractivity contribution in [1.29, 1.82) is 0 Å². The molecular formula is C27H35Cl2N3O3S. The summed E-state index contributed by atoms with van der Waals surface area (Å²) < 4.78 is 33.3. The fourth-order valence-corrected chi connectivity index (χ4v) is 5.65. The number of anilines is 1. The van der Waals surface area contributed by atoms with Gasteiger partial charge in [0, 0.05) is 31.2 Å². The molecule has 36 heavy (non-hydrogen) atoms. The number of nitrogens with zero attached hydrogens (tertiary/aromatic N) is 1. The van der Waals surface area contributed by atoms with Gasteiger partial charge in [0.15, 0.2) is 0 Å². The van der Waals surface area contributed by atoms with Crippen LogP contribution in [0.1, 0.15) is 35.6 Å². The number of halogens is 2. The first-order valence-electron chi connectivity index (χ1n) is 11.6. The highest BCUT2D eigenvalue weighted by molar-refractivity contribution is 7.92. The van der Waals surface area contributed by atoms with Crippen LogP contribution in [0.2, 0.25) is 0 Å². The van der Waals surface area contributed by atoms with Crippen LogP contribution in [-0.2, 0) is 16.6 Å². The van der Waals surface area contributed by atoms with E-state index in [1.54, 1.807) is 32.4 Å². The Morgan fingerprint density at radius 3 is 2.39 bits per heavy atom. The smallest absolute Gasteiger partial charge is 0.264 e. The minimum absolute atomic E-state index is 0. The summed E-state index contributed by atoms with van der Waals surface area (Å²) in [5.41, 5.74) is 3.80. The topological polar surface area (TPSA) is 70.7 Å². The number of ether oxygens (including phenoxy) is 1. The standard InChI is InChI=1S/C27H33N3O3S.2ClH/c1-20-11-14-24(15-12-20)34(31,32)30(2)23-13-16-26(33-3)22(18-23)19-29-25-10-7-17-28-27(25)21-8-5-4-6-9-21;;/h4-6,8-9,11-16,18,25,27-29H,7,10,17,19H2,1-3H3;2*1H/t25-,27-;;/m1../s1. The zero-order valence-electron chi connectivity index (χ0n) is 20.8. The van der Waals surface area contributed by atoms with E-state index >= 15 is 0 Å². The molecule has 2 atom stereocenters. The number of benzene rings is 3. The molecule has 1 aliphatic rings. The molecule has 0 spiro atoms. The van der Waals surface area contributed by atoms with Crippen molar-refractivity contribution in [2.24, 2.45) is 0 Å². The van der Waals surface area contributed by atoms with Crippen LogP contribution < -0.4 is 19.7 Å². The van der Waals surface area contributed by atoms with Crippen molar-refractivity contribution in [3.8, 4) is 5.75 Å². The molecule has 1 aliphatic heterocycles. The maximum absolute atomic E-state index is 13.2. The highest BCUT2D eigenvalue weighted by Gasteiger charge is 2.26. The van der Waals surface area contributed by atoms with E-state index in [1.807, 2.05) is 37.3 Å². The van der Waals surface area contributed by atoms with Crippen molar-refractivity contribution in [2.75, 3.05) is 25.0 Å². The van der Waals surface area contributed by atoms with Crippen LogP contribution in [0, 0.1) is 6.92 Å². The minimum Gasteiger partial charge on any atom is -0.496 e. The van der Waals surface area contributed by atoms with Crippen molar-refractivity contribution in [3.63, 3.8) is 0 Å². The van der Waals surface area contributed by atoms with Crippen LogP contribution in [-0.4, -0.2) is 35.2 Å². The monoisotopic (exact) mass is 551 g/mol. The lowest BCUT2D eigenvalue weighted by Gasteiger charge is -2.34. The number of hydrogen-bond acceptors (Lipinski definition) is 5. The van der Waals surface area contributed by atoms with E-state index in [-0.39, 0.29) is 41.8 Å². The van der Waals surface area contributed by atoms with Gasteiger partial charge in [-0.25, -0.2) is 8.42 Å². The summed E-state index contributed by atoms with van der Waals surface area (Å²) in [5.74, 6) is 0.734. The van der Waals surface area contributed by atoms with Crippen molar-refractivity contribution >= 4 is 40.5 Å². The molecule has 0 bridgehead atoms. The van der Waals surface area contributed by atoms with Gasteiger partial charge < -0.3 is 15.4 Å². The van der Waals surface area contributed by atoms with Gasteiger partial charge in [-0.3, -0.25) is 4.31 Å². The molecule has 1 fully saturated rings. The second-order valence-corrected chi connectivity index (χ2v) is 10.7. The molecule has 3 aromatic carbocycles. The normalized spacial score (nSPS) is 17.4. The molecule has 9 heteroatoms. The largest absolute Gasteiger partial charge is 0.496 e. The second-order valence-electron chi connectivity index (χ2n) is 8.75. The fourth-order valence-electron chi connectivity index (χ4n) is 4.47. The number of hydrogen-bond donors (Lipinski definition) is 2. The molecule has 0 saturated carbocycles. The highest BCUT2D eigenvalue weighted by Crippen LogP contribution is 2.29. The zero-order valence-corrected chi connectivity index (χ0v) is 23.3. The quantitative estimate of drug-likeness (QED) is 0.399. The van der Waals surface area contributed by atoms with Gasteiger partial charge in [-0.2, -0.15) is 0 Å². The van der Waals surface area contributed by atoms with E-state index in [1.165, 1.54) is 9.87 Å². The van der Waals surface area contributed by atoms with E-state index in [2.05, 4.69) is 34.9 Å². The Kier molecular flexibility index (Phi) is 11.1. The van der Waals surface area contributed by atoms with Crippen molar-refractivity contribution in [3.05, 3.63) is 89.5 Å². The molecule has 1 saturated heterocycles. The van der Waals surface area contributed by atoms with Gasteiger partial charge in [0.05, 0.1) is 17.7 Å². The van der Waals surface area contributed by atoms with Gasteiger partial charge in [0.2, 0.25) is 0 Å². The molecule has 3 aromatic rings. The molecule has 0 aromatic heterocycles. The molecule has 1 heterocycles. The summed E-state index contributed by atoms with van der Waals surface area (Å²) in [4.78, 5) is 0.273. The number of nitrogens with one attached hydrogen (secondary N) is 2. The van der Waals surface area contributed by atoms with Gasteiger partial charge in [0.25, 0.3) is 10.0 Å². The first kappa shape index (κ1) is 29.9. The Balaban J connectivity index is 0.00000228. The third-order valence-electron chi connectivity index (χ3n) is 6.48. The van der Waals surface area contributed by atoms with Crippen LogP contribution in [0.3, 0.4) is 0 Å². The number of piperidine rings is 1. The van der Waals surface area contributed by atoms with Gasteiger partial charge in [0.1, 0.15) is 5.75 Å². The summed E-state index contributed by atoms with van der Waals surface area (Å²) in [5, 5.41) is 7.33. The Morgan fingerprint density at radius 1 is 1.03 bits per heavy atom. The molecule has 0 amide bonds. The molecule has 0 aliphatic carbocycles. The number of rotatable bonds is 8. The summed E-state index contributed by atoms with van der Waals surface area (Å²) in [6, 6.07) is 23.4. The van der Waals surface area contributed by atoms with Gasteiger partial charge >= 0.3 is 0 Å². The average Bonchev–Trinajstić information content (AvgIpc) is 2.87. The van der Waals surface area contributed by atoms with Crippen LogP contribution in [0.5, 0.6) is 5.75 Å². The summed E-state index contributed by atoms with van der Waals surface area (Å²) in [6.45, 7) is 3.51. The molecule has 0 radical (unpaired) electrons. The van der Waals surface area contributed by atoms with E-state index in [0.717, 1.165) is 36.3 Å². The molecule has 0 unspecified atom stereocenters. The van der Waals surface area contributed by atoms with Crippen molar-refractivity contribution in [2.45, 2.75) is 43.3 Å². The van der Waals surface area contributed by atoms with E-state index < -0.39 is 10.0 Å². The maximum Gasteiger partial charge on any atom is 0.264 e. The Hall–Kier alpha value is -2.29. The Morgan fingerprint density at radius 2 is 1.72 bits per heavy atom. The van der Waals surface area contributed by atoms with E-state index in [4.69, 9.17) is 4.74 Å². The Bertz CT molecular complexity index is 1210. The van der Waals surface area contributed by atoms with Crippen LogP contribution >= 0.6 is 24.8 Å². The molecular weight excluding hydrogens is 517 g/mol. The van der Waals surface area contributed by atoms with Crippen molar-refractivity contribution < 1.29 is 13.2 Å².